The zero-order valence-corrected chi connectivity index (χ0v) is 6.62. The van der Waals surface area contributed by atoms with E-state index in [0.29, 0.717) is 11.5 Å². The summed E-state index contributed by atoms with van der Waals surface area (Å²) < 4.78 is 17.8. The molecular weight excluding hydrogens is 162 g/mol. The number of hydrogen-bond acceptors (Lipinski definition) is 3. The Morgan fingerprint density at radius 3 is 2.11 bits per heavy atom. The standard InChI is InChI=1S/C4H11NO2S.ClH/c5-4-1-2-8(6,7)3-4;/h4,6-7H,1-3,5H2;1H/t4-;/m0./s1. The number of halogens is 1. The minimum atomic E-state index is -2.22. The van der Waals surface area contributed by atoms with Crippen LogP contribution in [0.25, 0.3) is 0 Å². The van der Waals surface area contributed by atoms with Gasteiger partial charge in [-0.25, -0.2) is 0 Å². The lowest BCUT2D eigenvalue weighted by atomic mass is 10.3. The van der Waals surface area contributed by atoms with Crippen LogP contribution >= 0.6 is 23.0 Å². The molecule has 1 heterocycles. The molecule has 0 aromatic heterocycles. The second-order valence-electron chi connectivity index (χ2n) is 2.22. The fourth-order valence-electron chi connectivity index (χ4n) is 0.850. The Balaban J connectivity index is 0.000000640. The van der Waals surface area contributed by atoms with Crippen LogP contribution < -0.4 is 5.73 Å². The highest BCUT2D eigenvalue weighted by Gasteiger charge is 2.24. The van der Waals surface area contributed by atoms with Gasteiger partial charge in [-0.2, -0.15) is 10.6 Å². The zero-order chi connectivity index (χ0) is 6.20. The van der Waals surface area contributed by atoms with Crippen molar-refractivity contribution < 1.29 is 9.11 Å². The monoisotopic (exact) mass is 173 g/mol. The van der Waals surface area contributed by atoms with Crippen molar-refractivity contribution in [2.75, 3.05) is 11.5 Å². The summed E-state index contributed by atoms with van der Waals surface area (Å²) in [4.78, 5) is 0. The maximum atomic E-state index is 8.92. The van der Waals surface area contributed by atoms with Gasteiger partial charge in [-0.05, 0) is 6.42 Å². The molecule has 58 valence electrons. The molecule has 1 aliphatic rings. The van der Waals surface area contributed by atoms with Gasteiger partial charge in [0.15, 0.2) is 0 Å². The first-order valence-electron chi connectivity index (χ1n) is 2.59. The average Bonchev–Trinajstić information content (AvgIpc) is 1.82. The predicted molar refractivity (Wildman–Crippen MR) is 42.4 cm³/mol. The molecule has 0 unspecified atom stereocenters. The Hall–Kier alpha value is 0.520. The second kappa shape index (κ2) is 3.07. The summed E-state index contributed by atoms with van der Waals surface area (Å²) in [6.07, 6.45) is 0.766. The van der Waals surface area contributed by atoms with E-state index in [1.807, 2.05) is 0 Å². The Bertz CT molecular complexity index is 101. The van der Waals surface area contributed by atoms with Crippen molar-refractivity contribution in [1.82, 2.24) is 0 Å². The second-order valence-corrected chi connectivity index (χ2v) is 4.57. The lowest BCUT2D eigenvalue weighted by Gasteiger charge is -2.25. The Kier molecular flexibility index (Phi) is 3.25. The Morgan fingerprint density at radius 1 is 1.44 bits per heavy atom. The molecule has 4 N–H and O–H groups in total. The summed E-state index contributed by atoms with van der Waals surface area (Å²) in [5.41, 5.74) is 5.41. The van der Waals surface area contributed by atoms with Gasteiger partial charge in [0.2, 0.25) is 0 Å². The van der Waals surface area contributed by atoms with Gasteiger partial charge in [-0.1, -0.05) is 0 Å². The van der Waals surface area contributed by atoms with Crippen molar-refractivity contribution in [3.63, 3.8) is 0 Å². The molecule has 0 bridgehead atoms. The van der Waals surface area contributed by atoms with Gasteiger partial charge in [-0.15, -0.1) is 12.4 Å². The van der Waals surface area contributed by atoms with Crippen molar-refractivity contribution in [3.8, 4) is 0 Å². The van der Waals surface area contributed by atoms with Crippen LogP contribution in [0.1, 0.15) is 6.42 Å². The molecule has 9 heavy (non-hydrogen) atoms. The molecule has 5 heteroatoms. The third-order valence-electron chi connectivity index (χ3n) is 1.30. The molecular formula is C4H12ClNO2S. The van der Waals surface area contributed by atoms with Gasteiger partial charge in [0.1, 0.15) is 0 Å². The maximum Gasteiger partial charge on any atom is 0.0526 e. The molecule has 1 fully saturated rings. The number of rotatable bonds is 0. The first-order chi connectivity index (χ1) is 3.60. The zero-order valence-electron chi connectivity index (χ0n) is 4.99. The van der Waals surface area contributed by atoms with Gasteiger partial charge < -0.3 is 5.73 Å². The average molecular weight is 174 g/mol. The first kappa shape index (κ1) is 9.52. The summed E-state index contributed by atoms with van der Waals surface area (Å²) in [5.74, 6) is 0.918. The molecule has 0 saturated carbocycles. The van der Waals surface area contributed by atoms with Crippen LogP contribution in [-0.4, -0.2) is 26.7 Å². The highest BCUT2D eigenvalue weighted by molar-refractivity contribution is 8.24. The molecule has 1 aliphatic heterocycles. The molecule has 0 aromatic rings. The Morgan fingerprint density at radius 2 is 2.00 bits per heavy atom. The van der Waals surface area contributed by atoms with Gasteiger partial charge in [0.05, 0.1) is 5.75 Å². The van der Waals surface area contributed by atoms with E-state index in [0.717, 1.165) is 6.42 Å². The van der Waals surface area contributed by atoms with E-state index in [1.54, 1.807) is 0 Å². The number of nitrogens with two attached hydrogens (primary N) is 1. The third-order valence-corrected chi connectivity index (χ3v) is 3.15. The van der Waals surface area contributed by atoms with E-state index >= 15 is 0 Å². The fraction of sp³-hybridized carbons (Fsp3) is 1.00. The van der Waals surface area contributed by atoms with E-state index in [-0.39, 0.29) is 18.4 Å². The van der Waals surface area contributed by atoms with Crippen molar-refractivity contribution in [3.05, 3.63) is 0 Å². The van der Waals surface area contributed by atoms with E-state index in [2.05, 4.69) is 0 Å². The number of hydrogen-bond donors (Lipinski definition) is 3. The Labute approximate surface area is 62.4 Å². The summed E-state index contributed by atoms with van der Waals surface area (Å²) >= 11 is 0. The normalized spacial score (nSPS) is 35.2. The highest BCUT2D eigenvalue weighted by atomic mass is 35.5. The molecule has 3 nitrogen and oxygen atoms in total. The van der Waals surface area contributed by atoms with Crippen LogP contribution in [0.3, 0.4) is 0 Å². The molecule has 0 radical (unpaired) electrons. The summed E-state index contributed by atoms with van der Waals surface area (Å²) in [6.45, 7) is 0. The van der Waals surface area contributed by atoms with Gasteiger partial charge in [0.25, 0.3) is 0 Å². The minimum absolute atomic E-state index is 0. The third kappa shape index (κ3) is 2.73. The van der Waals surface area contributed by atoms with Crippen molar-refractivity contribution in [1.29, 1.82) is 0 Å². The van der Waals surface area contributed by atoms with Crippen LogP contribution in [0.15, 0.2) is 0 Å². The molecule has 0 aromatic carbocycles. The SMILES string of the molecule is Cl.N[C@H]1CCS(O)(O)C1. The fourth-order valence-corrected chi connectivity index (χ4v) is 2.55. The van der Waals surface area contributed by atoms with Crippen LogP contribution in [0, 0.1) is 0 Å². The van der Waals surface area contributed by atoms with E-state index < -0.39 is 10.6 Å². The van der Waals surface area contributed by atoms with E-state index in [1.165, 1.54) is 0 Å². The molecule has 0 amide bonds. The van der Waals surface area contributed by atoms with Gasteiger partial charge >= 0.3 is 0 Å². The van der Waals surface area contributed by atoms with Gasteiger partial charge in [-0.3, -0.25) is 9.11 Å². The predicted octanol–water partition coefficient (Wildman–Crippen LogP) is 0.890. The van der Waals surface area contributed by atoms with Crippen molar-refractivity contribution >= 4 is 23.0 Å². The summed E-state index contributed by atoms with van der Waals surface area (Å²) in [5, 5.41) is 0. The highest BCUT2D eigenvalue weighted by Crippen LogP contribution is 2.44. The lowest BCUT2D eigenvalue weighted by Crippen LogP contribution is -2.19. The van der Waals surface area contributed by atoms with Gasteiger partial charge in [0, 0.05) is 11.8 Å². The van der Waals surface area contributed by atoms with Crippen LogP contribution in [0.4, 0.5) is 0 Å². The van der Waals surface area contributed by atoms with Crippen molar-refractivity contribution in [2.45, 2.75) is 12.5 Å². The summed E-state index contributed by atoms with van der Waals surface area (Å²) in [6, 6.07) is 0.0278. The molecule has 0 spiro atoms. The topological polar surface area (TPSA) is 66.5 Å². The van der Waals surface area contributed by atoms with E-state index in [9.17, 15) is 0 Å². The van der Waals surface area contributed by atoms with Crippen LogP contribution in [-0.2, 0) is 0 Å². The molecule has 1 atom stereocenters. The molecule has 1 rings (SSSR count). The smallest absolute Gasteiger partial charge is 0.0526 e. The summed E-state index contributed by atoms with van der Waals surface area (Å²) in [7, 11) is -2.22. The minimum Gasteiger partial charge on any atom is -0.326 e. The first-order valence-corrected chi connectivity index (χ1v) is 4.48. The maximum absolute atomic E-state index is 8.92. The van der Waals surface area contributed by atoms with Crippen LogP contribution in [0.2, 0.25) is 0 Å². The quantitative estimate of drug-likeness (QED) is 0.510. The lowest BCUT2D eigenvalue weighted by molar-refractivity contribution is 0.494. The van der Waals surface area contributed by atoms with Crippen molar-refractivity contribution in [2.24, 2.45) is 5.73 Å². The van der Waals surface area contributed by atoms with Crippen LogP contribution in [0.5, 0.6) is 0 Å². The van der Waals surface area contributed by atoms with E-state index in [4.69, 9.17) is 14.8 Å². The molecule has 1 saturated heterocycles. The largest absolute Gasteiger partial charge is 0.326 e. The molecule has 0 aliphatic carbocycles.